The van der Waals surface area contributed by atoms with Crippen molar-refractivity contribution in [2.75, 3.05) is 11.4 Å². The van der Waals surface area contributed by atoms with Gasteiger partial charge >= 0.3 is 5.97 Å². The summed E-state index contributed by atoms with van der Waals surface area (Å²) in [5.74, 6) is -1.85. The lowest BCUT2D eigenvalue weighted by Gasteiger charge is -2.27. The predicted octanol–water partition coefficient (Wildman–Crippen LogP) is 2.53. The molecule has 1 saturated heterocycles. The Bertz CT molecular complexity index is 1070. The minimum absolute atomic E-state index is 0.0174. The summed E-state index contributed by atoms with van der Waals surface area (Å²) >= 11 is 0. The van der Waals surface area contributed by atoms with Gasteiger partial charge in [-0.25, -0.2) is 9.18 Å². The van der Waals surface area contributed by atoms with E-state index in [0.717, 1.165) is 12.8 Å². The van der Waals surface area contributed by atoms with E-state index in [1.807, 2.05) is 21.6 Å². The molecule has 140 valence electrons. The van der Waals surface area contributed by atoms with Gasteiger partial charge in [0.25, 0.3) is 0 Å². The fourth-order valence-corrected chi connectivity index (χ4v) is 4.48. The molecule has 2 N–H and O–H groups in total. The summed E-state index contributed by atoms with van der Waals surface area (Å²) in [5.41, 5.74) is 0.590. The van der Waals surface area contributed by atoms with Gasteiger partial charge in [-0.2, -0.15) is 0 Å². The molecule has 0 bridgehead atoms. The van der Waals surface area contributed by atoms with Crippen LogP contribution in [0.1, 0.15) is 47.6 Å². The summed E-state index contributed by atoms with van der Waals surface area (Å²) in [5, 5.41) is 19.6. The van der Waals surface area contributed by atoms with E-state index < -0.39 is 23.3 Å². The molecule has 7 heteroatoms. The van der Waals surface area contributed by atoms with E-state index in [1.54, 1.807) is 0 Å². The van der Waals surface area contributed by atoms with Crippen LogP contribution in [0.3, 0.4) is 0 Å². The average molecular weight is 370 g/mol. The van der Waals surface area contributed by atoms with Crippen molar-refractivity contribution in [3.63, 3.8) is 0 Å². The van der Waals surface area contributed by atoms with Crippen molar-refractivity contribution in [2.45, 2.75) is 43.9 Å². The maximum absolute atomic E-state index is 15.2. The number of aliphatic hydroxyl groups excluding tert-OH is 1. The molecule has 5 rings (SSSR count). The zero-order chi connectivity index (χ0) is 18.9. The third-order valence-electron chi connectivity index (χ3n) is 5.82. The third kappa shape index (κ3) is 2.41. The molecule has 1 saturated carbocycles. The molecule has 0 unspecified atom stereocenters. The highest BCUT2D eigenvalue weighted by Crippen LogP contribution is 2.43. The summed E-state index contributed by atoms with van der Waals surface area (Å²) < 4.78 is 17.0. The molecule has 2 atom stereocenters. The van der Waals surface area contributed by atoms with Gasteiger partial charge < -0.3 is 19.7 Å². The molecule has 3 aliphatic rings. The number of hydrogen-bond donors (Lipinski definition) is 2. The highest BCUT2D eigenvalue weighted by atomic mass is 19.1. The van der Waals surface area contributed by atoms with Crippen molar-refractivity contribution in [1.29, 1.82) is 0 Å². The number of halogens is 1. The first-order valence-corrected chi connectivity index (χ1v) is 9.21. The zero-order valence-electron chi connectivity index (χ0n) is 14.6. The minimum atomic E-state index is -1.30. The van der Waals surface area contributed by atoms with Gasteiger partial charge in [0.05, 0.1) is 22.7 Å². The van der Waals surface area contributed by atoms with Crippen LogP contribution < -0.4 is 10.3 Å². The number of fused-ring (bicyclic) bond motifs is 5. The van der Waals surface area contributed by atoms with Crippen molar-refractivity contribution < 1.29 is 19.4 Å². The number of aliphatic hydroxyl groups is 1. The number of rotatable bonds is 2. The van der Waals surface area contributed by atoms with Crippen LogP contribution in [0.5, 0.6) is 0 Å². The number of carbonyl (C=O) groups is 1. The van der Waals surface area contributed by atoms with Gasteiger partial charge in [-0.3, -0.25) is 4.79 Å². The van der Waals surface area contributed by atoms with Crippen molar-refractivity contribution in [2.24, 2.45) is 0 Å². The quantitative estimate of drug-likeness (QED) is 0.849. The molecule has 2 aromatic rings. The van der Waals surface area contributed by atoms with E-state index in [9.17, 15) is 19.8 Å². The third-order valence-corrected chi connectivity index (χ3v) is 5.82. The number of aromatic carboxylic acids is 1. The summed E-state index contributed by atoms with van der Waals surface area (Å²) in [7, 11) is 0. The standard InChI is InChI=1S/C20H19FN2O4/c21-16-7-14-17(23(10-4-5-10)9-15(19(14)25)20(26)27)13-3-1-2-11-6-12(24)8-22(11)18(13)16/h1,3,7,9-12,24H,2,4-6,8H2,(H,26,27)/t11-,12+/m1/s1. The van der Waals surface area contributed by atoms with Crippen LogP contribution in [0, 0.1) is 5.82 Å². The topological polar surface area (TPSA) is 82.8 Å². The maximum atomic E-state index is 15.2. The normalized spacial score (nSPS) is 24.0. The van der Waals surface area contributed by atoms with Gasteiger partial charge in [0.2, 0.25) is 5.43 Å². The number of pyridine rings is 1. The largest absolute Gasteiger partial charge is 0.477 e. The van der Waals surface area contributed by atoms with Crippen LogP contribution >= 0.6 is 0 Å². The van der Waals surface area contributed by atoms with Crippen LogP contribution in [0.4, 0.5) is 10.1 Å². The Morgan fingerprint density at radius 3 is 2.74 bits per heavy atom. The molecule has 6 nitrogen and oxygen atoms in total. The molecule has 1 aromatic carbocycles. The summed E-state index contributed by atoms with van der Waals surface area (Å²) in [6.07, 6.45) is 7.75. The first kappa shape index (κ1) is 16.5. The molecule has 0 amide bonds. The first-order chi connectivity index (χ1) is 13.0. The molecule has 0 radical (unpaired) electrons. The zero-order valence-corrected chi connectivity index (χ0v) is 14.6. The van der Waals surface area contributed by atoms with Crippen molar-refractivity contribution in [3.05, 3.63) is 45.5 Å². The number of benzene rings is 1. The fourth-order valence-electron chi connectivity index (χ4n) is 4.48. The average Bonchev–Trinajstić information content (AvgIpc) is 3.40. The molecular weight excluding hydrogens is 351 g/mol. The second-order valence-electron chi connectivity index (χ2n) is 7.67. The maximum Gasteiger partial charge on any atom is 0.341 e. The number of nitrogens with zero attached hydrogens (tertiary/aromatic N) is 2. The lowest BCUT2D eigenvalue weighted by molar-refractivity contribution is 0.0695. The predicted molar refractivity (Wildman–Crippen MR) is 98.8 cm³/mol. The number of carboxylic acid groups (broad SMARTS) is 1. The van der Waals surface area contributed by atoms with Gasteiger partial charge in [-0.1, -0.05) is 12.2 Å². The van der Waals surface area contributed by atoms with Crippen molar-refractivity contribution >= 4 is 28.6 Å². The Labute approximate surface area is 154 Å². The number of aromatic nitrogens is 1. The number of carboxylic acids is 1. The van der Waals surface area contributed by atoms with E-state index in [0.29, 0.717) is 36.2 Å². The highest BCUT2D eigenvalue weighted by Gasteiger charge is 2.36. The molecule has 0 spiro atoms. The fraction of sp³-hybridized carbons (Fsp3) is 0.400. The monoisotopic (exact) mass is 370 g/mol. The second kappa shape index (κ2) is 5.66. The molecule has 2 aliphatic heterocycles. The van der Waals surface area contributed by atoms with Crippen LogP contribution in [-0.2, 0) is 0 Å². The van der Waals surface area contributed by atoms with E-state index in [2.05, 4.69) is 0 Å². The van der Waals surface area contributed by atoms with Gasteiger partial charge in [0.1, 0.15) is 11.4 Å². The van der Waals surface area contributed by atoms with Crippen LogP contribution in [0.25, 0.3) is 17.0 Å². The smallest absolute Gasteiger partial charge is 0.341 e. The summed E-state index contributed by atoms with van der Waals surface area (Å²) in [6.45, 7) is 0.350. The molecular formula is C20H19FN2O4. The number of anilines is 1. The van der Waals surface area contributed by atoms with Crippen molar-refractivity contribution in [1.82, 2.24) is 4.57 Å². The van der Waals surface area contributed by atoms with Gasteiger partial charge in [-0.15, -0.1) is 0 Å². The summed E-state index contributed by atoms with van der Waals surface area (Å²) in [6, 6.07) is 1.31. The van der Waals surface area contributed by atoms with Gasteiger partial charge in [-0.05, 0) is 31.7 Å². The van der Waals surface area contributed by atoms with E-state index >= 15 is 4.39 Å². The summed E-state index contributed by atoms with van der Waals surface area (Å²) in [4.78, 5) is 26.1. The van der Waals surface area contributed by atoms with Crippen molar-refractivity contribution in [3.8, 4) is 0 Å². The molecule has 3 heterocycles. The van der Waals surface area contributed by atoms with E-state index in [1.165, 1.54) is 12.3 Å². The van der Waals surface area contributed by atoms with Crippen LogP contribution in [0.15, 0.2) is 23.1 Å². The first-order valence-electron chi connectivity index (χ1n) is 9.21. The Morgan fingerprint density at radius 2 is 2.04 bits per heavy atom. The molecule has 1 aliphatic carbocycles. The Hall–Kier alpha value is -2.67. The van der Waals surface area contributed by atoms with Crippen LogP contribution in [0.2, 0.25) is 0 Å². The Kier molecular flexibility index (Phi) is 3.46. The highest BCUT2D eigenvalue weighted by molar-refractivity contribution is 5.98. The van der Waals surface area contributed by atoms with Gasteiger partial charge in [0.15, 0.2) is 0 Å². The Morgan fingerprint density at radius 1 is 1.26 bits per heavy atom. The number of hydrogen-bond acceptors (Lipinski definition) is 4. The SMILES string of the molecule is O=C(O)c1cn(C2CC2)c2c3c(c(F)cc2c1=O)N1C[C@@H](O)C[C@H]1CC=C3. The molecule has 27 heavy (non-hydrogen) atoms. The molecule has 1 aromatic heterocycles. The minimum Gasteiger partial charge on any atom is -0.477 e. The lowest BCUT2D eigenvalue weighted by Crippen LogP contribution is -2.30. The second-order valence-corrected chi connectivity index (χ2v) is 7.67. The Balaban J connectivity index is 1.88. The lowest BCUT2D eigenvalue weighted by atomic mass is 10.0. The molecule has 2 fully saturated rings. The van der Waals surface area contributed by atoms with E-state index in [4.69, 9.17) is 0 Å². The van der Waals surface area contributed by atoms with Crippen LogP contribution in [-0.4, -0.2) is 39.4 Å². The van der Waals surface area contributed by atoms with E-state index in [-0.39, 0.29) is 23.0 Å². The van der Waals surface area contributed by atoms with Gasteiger partial charge in [0, 0.05) is 30.4 Å².